The molecule has 32 heavy (non-hydrogen) atoms. The first-order valence-corrected chi connectivity index (χ1v) is 11.5. The van der Waals surface area contributed by atoms with E-state index in [0.717, 1.165) is 53.6 Å². The van der Waals surface area contributed by atoms with Gasteiger partial charge in [-0.15, -0.1) is 11.8 Å². The summed E-state index contributed by atoms with van der Waals surface area (Å²) in [5.41, 5.74) is -0.412. The maximum absolute atomic E-state index is 13.3. The summed E-state index contributed by atoms with van der Waals surface area (Å²) in [6.07, 6.45) is 3.77. The Morgan fingerprint density at radius 2 is 2.03 bits per heavy atom. The van der Waals surface area contributed by atoms with E-state index in [9.17, 15) is 23.1 Å². The van der Waals surface area contributed by atoms with Gasteiger partial charge in [0, 0.05) is 23.1 Å². The van der Waals surface area contributed by atoms with E-state index >= 15 is 0 Å². The Morgan fingerprint density at radius 1 is 1.28 bits per heavy atom. The minimum absolute atomic E-state index is 0.207. The number of aliphatic hydroxyl groups excluding tert-OH is 1. The molecular weight excluding hydrogens is 441 g/mol. The molecule has 0 unspecified atom stereocenters. The van der Waals surface area contributed by atoms with Gasteiger partial charge in [-0.2, -0.15) is 18.3 Å². The van der Waals surface area contributed by atoms with Gasteiger partial charge in [-0.25, -0.2) is 0 Å². The second-order valence-electron chi connectivity index (χ2n) is 7.91. The van der Waals surface area contributed by atoms with Gasteiger partial charge in [0.1, 0.15) is 5.69 Å². The number of hydrogen-bond acceptors (Lipinski definition) is 5. The van der Waals surface area contributed by atoms with Crippen molar-refractivity contribution < 1.29 is 23.1 Å². The van der Waals surface area contributed by atoms with Crippen LogP contribution in [0.1, 0.15) is 47.8 Å². The van der Waals surface area contributed by atoms with E-state index in [1.165, 1.54) is 18.0 Å². The van der Waals surface area contributed by atoms with Crippen molar-refractivity contribution >= 4 is 34.3 Å². The predicted octanol–water partition coefficient (Wildman–Crippen LogP) is 5.15. The summed E-state index contributed by atoms with van der Waals surface area (Å²) in [6, 6.07) is 5.87. The van der Waals surface area contributed by atoms with Crippen LogP contribution in [0, 0.1) is 5.92 Å². The fourth-order valence-corrected chi connectivity index (χ4v) is 4.76. The molecule has 4 rings (SSSR count). The molecule has 0 atom stereocenters. The molecule has 2 heterocycles. The molecular formula is C22H23F3N4O2S. The Hall–Kier alpha value is -2.59. The van der Waals surface area contributed by atoms with E-state index in [2.05, 4.69) is 15.4 Å². The second kappa shape index (κ2) is 9.11. The number of benzene rings is 1. The van der Waals surface area contributed by atoms with Crippen LogP contribution in [0.25, 0.3) is 10.9 Å². The Bertz CT molecular complexity index is 1120. The molecule has 1 aromatic carbocycles. The lowest BCUT2D eigenvalue weighted by Gasteiger charge is -2.28. The number of halogens is 3. The highest BCUT2D eigenvalue weighted by Crippen LogP contribution is 2.37. The van der Waals surface area contributed by atoms with Crippen LogP contribution in [0.15, 0.2) is 41.6 Å². The average Bonchev–Trinajstić information content (AvgIpc) is 3.20. The zero-order valence-corrected chi connectivity index (χ0v) is 18.2. The van der Waals surface area contributed by atoms with Crippen molar-refractivity contribution in [2.24, 2.45) is 5.92 Å². The van der Waals surface area contributed by atoms with Crippen LogP contribution in [-0.2, 0) is 6.18 Å². The van der Waals surface area contributed by atoms with Gasteiger partial charge in [0.15, 0.2) is 0 Å². The van der Waals surface area contributed by atoms with Crippen LogP contribution in [0.5, 0.6) is 0 Å². The number of nitrogens with one attached hydrogen (secondary N) is 1. The Kier molecular flexibility index (Phi) is 6.43. The van der Waals surface area contributed by atoms with Crippen LogP contribution < -0.4 is 5.32 Å². The molecule has 1 aliphatic rings. The number of carbonyl (C=O) groups excluding carboxylic acids is 1. The minimum Gasteiger partial charge on any atom is -0.396 e. The van der Waals surface area contributed by atoms with Crippen molar-refractivity contribution in [3.63, 3.8) is 0 Å². The summed E-state index contributed by atoms with van der Waals surface area (Å²) in [7, 11) is 0. The number of hydrogen-bond donors (Lipinski definition) is 2. The number of nitrogens with zero attached hydrogens (tertiary/aromatic N) is 3. The molecule has 10 heteroatoms. The van der Waals surface area contributed by atoms with Gasteiger partial charge in [0.2, 0.25) is 0 Å². The fraction of sp³-hybridized carbons (Fsp3) is 0.409. The third-order valence-corrected chi connectivity index (χ3v) is 6.69. The molecule has 1 fully saturated rings. The van der Waals surface area contributed by atoms with Crippen molar-refractivity contribution in [1.82, 2.24) is 14.8 Å². The summed E-state index contributed by atoms with van der Waals surface area (Å²) >= 11 is 1.39. The third-order valence-electron chi connectivity index (χ3n) is 5.91. The summed E-state index contributed by atoms with van der Waals surface area (Å²) in [5.74, 6) is -0.577. The first-order valence-electron chi connectivity index (χ1n) is 10.3. The van der Waals surface area contributed by atoms with E-state index in [1.807, 2.05) is 17.0 Å². The normalized spacial score (nSPS) is 19.3. The van der Waals surface area contributed by atoms with Gasteiger partial charge in [-0.1, -0.05) is 0 Å². The highest BCUT2D eigenvalue weighted by Gasteiger charge is 2.36. The number of fused-ring (bicyclic) bond motifs is 1. The number of alkyl halides is 3. The number of amides is 1. The molecule has 0 spiro atoms. The maximum atomic E-state index is 13.3. The van der Waals surface area contributed by atoms with Gasteiger partial charge in [-0.05, 0) is 62.1 Å². The predicted molar refractivity (Wildman–Crippen MR) is 117 cm³/mol. The van der Waals surface area contributed by atoms with E-state index in [4.69, 9.17) is 0 Å². The monoisotopic (exact) mass is 464 g/mol. The Morgan fingerprint density at radius 3 is 2.69 bits per heavy atom. The lowest BCUT2D eigenvalue weighted by atomic mass is 9.86. The number of anilines is 1. The van der Waals surface area contributed by atoms with Gasteiger partial charge < -0.3 is 10.4 Å². The molecule has 6 nitrogen and oxygen atoms in total. The number of pyridine rings is 1. The zero-order valence-electron chi connectivity index (χ0n) is 17.4. The van der Waals surface area contributed by atoms with Crippen LogP contribution in [0.4, 0.5) is 18.9 Å². The lowest BCUT2D eigenvalue weighted by Crippen LogP contribution is -2.21. The fourth-order valence-electron chi connectivity index (χ4n) is 4.20. The molecule has 2 aromatic heterocycles. The SMILES string of the molecule is CSc1cc2c(cnn2C2CCC(CO)CC2)cc1NC(=O)c1ncccc1C(F)(F)F. The Balaban J connectivity index is 1.63. The van der Waals surface area contributed by atoms with Crippen molar-refractivity contribution in [2.45, 2.75) is 42.8 Å². The molecule has 0 bridgehead atoms. The van der Waals surface area contributed by atoms with Gasteiger partial charge in [-0.3, -0.25) is 14.5 Å². The van der Waals surface area contributed by atoms with Gasteiger partial charge in [0.25, 0.3) is 5.91 Å². The number of aliphatic hydroxyl groups is 1. The van der Waals surface area contributed by atoms with Gasteiger partial charge >= 0.3 is 6.18 Å². The second-order valence-corrected chi connectivity index (χ2v) is 8.76. The first-order chi connectivity index (χ1) is 15.3. The van der Waals surface area contributed by atoms with E-state index in [0.29, 0.717) is 11.6 Å². The smallest absolute Gasteiger partial charge is 0.396 e. The number of thioether (sulfide) groups is 1. The quantitative estimate of drug-likeness (QED) is 0.511. The molecule has 0 aliphatic heterocycles. The molecule has 2 N–H and O–H groups in total. The van der Waals surface area contributed by atoms with Crippen molar-refractivity contribution in [1.29, 1.82) is 0 Å². The molecule has 1 saturated carbocycles. The topological polar surface area (TPSA) is 80.0 Å². The molecule has 3 aromatic rings. The first kappa shape index (κ1) is 22.6. The zero-order chi connectivity index (χ0) is 22.9. The van der Waals surface area contributed by atoms with E-state index in [-0.39, 0.29) is 12.6 Å². The van der Waals surface area contributed by atoms with Crippen LogP contribution in [0.3, 0.4) is 0 Å². The minimum atomic E-state index is -4.68. The molecule has 1 amide bonds. The van der Waals surface area contributed by atoms with Crippen LogP contribution in [0.2, 0.25) is 0 Å². The molecule has 1 aliphatic carbocycles. The largest absolute Gasteiger partial charge is 0.418 e. The van der Waals surface area contributed by atoms with Crippen LogP contribution >= 0.6 is 11.8 Å². The number of aromatic nitrogens is 3. The Labute approximate surface area is 187 Å². The third kappa shape index (κ3) is 4.47. The average molecular weight is 465 g/mol. The van der Waals surface area contributed by atoms with Gasteiger partial charge in [0.05, 0.1) is 29.0 Å². The van der Waals surface area contributed by atoms with Crippen molar-refractivity contribution in [3.05, 3.63) is 47.9 Å². The summed E-state index contributed by atoms with van der Waals surface area (Å²) < 4.78 is 41.8. The summed E-state index contributed by atoms with van der Waals surface area (Å²) in [5, 5.41) is 17.3. The number of carbonyl (C=O) groups is 1. The highest BCUT2D eigenvalue weighted by molar-refractivity contribution is 7.98. The van der Waals surface area contributed by atoms with Crippen LogP contribution in [-0.4, -0.2) is 38.6 Å². The van der Waals surface area contributed by atoms with E-state index in [1.54, 1.807) is 12.3 Å². The standard InChI is InChI=1S/C22H23F3N4O2S/c1-32-19-10-18-14(11-27-29(18)15-6-4-13(12-30)5-7-15)9-17(19)28-21(31)20-16(22(23,24)25)3-2-8-26-20/h2-3,8-11,13,15,30H,4-7,12H2,1H3,(H,28,31). The summed E-state index contributed by atoms with van der Waals surface area (Å²) in [6.45, 7) is 0.207. The maximum Gasteiger partial charge on any atom is 0.418 e. The molecule has 170 valence electrons. The molecule has 0 radical (unpaired) electrons. The summed E-state index contributed by atoms with van der Waals surface area (Å²) in [4.78, 5) is 17.1. The molecule has 0 saturated heterocycles. The lowest BCUT2D eigenvalue weighted by molar-refractivity contribution is -0.138. The van der Waals surface area contributed by atoms with Crippen molar-refractivity contribution in [3.8, 4) is 0 Å². The van der Waals surface area contributed by atoms with Crippen molar-refractivity contribution in [2.75, 3.05) is 18.2 Å². The number of rotatable bonds is 5. The highest BCUT2D eigenvalue weighted by atomic mass is 32.2. The van der Waals surface area contributed by atoms with E-state index < -0.39 is 23.3 Å².